The molecule has 162 valence electrons. The number of amides is 2. The van der Waals surface area contributed by atoms with Crippen molar-refractivity contribution in [3.05, 3.63) is 52.2 Å². The molecule has 2 aromatic rings. The summed E-state index contributed by atoms with van der Waals surface area (Å²) < 4.78 is 0.733. The molecule has 12 heteroatoms. The van der Waals surface area contributed by atoms with Gasteiger partial charge in [0.25, 0.3) is 11.8 Å². The van der Waals surface area contributed by atoms with Gasteiger partial charge in [-0.15, -0.1) is 22.0 Å². The van der Waals surface area contributed by atoms with Crippen LogP contribution in [0.5, 0.6) is 0 Å². The maximum absolute atomic E-state index is 12.7. The fourth-order valence-corrected chi connectivity index (χ4v) is 6.60. The highest BCUT2D eigenvalue weighted by atomic mass is 32.2. The van der Waals surface area contributed by atoms with Crippen LogP contribution in [0.1, 0.15) is 16.7 Å². The van der Waals surface area contributed by atoms with Gasteiger partial charge in [0, 0.05) is 11.5 Å². The van der Waals surface area contributed by atoms with Crippen LogP contribution in [0.15, 0.2) is 45.9 Å². The Morgan fingerprint density at radius 2 is 2.06 bits per heavy atom. The molecular weight excluding hydrogens is 460 g/mol. The Hall–Kier alpha value is -2.41. The maximum atomic E-state index is 12.7. The van der Waals surface area contributed by atoms with E-state index in [9.17, 15) is 24.6 Å². The lowest BCUT2D eigenvalue weighted by Crippen LogP contribution is -2.70. The van der Waals surface area contributed by atoms with Crippen LogP contribution in [0.2, 0.25) is 0 Å². The van der Waals surface area contributed by atoms with E-state index >= 15 is 0 Å². The average molecular weight is 479 g/mol. The van der Waals surface area contributed by atoms with Gasteiger partial charge < -0.3 is 15.5 Å². The summed E-state index contributed by atoms with van der Waals surface area (Å²) in [6.07, 6.45) is -1.41. The van der Waals surface area contributed by atoms with Gasteiger partial charge in [-0.25, -0.2) is 4.79 Å². The van der Waals surface area contributed by atoms with Gasteiger partial charge in [-0.05, 0) is 18.1 Å². The summed E-state index contributed by atoms with van der Waals surface area (Å²) in [4.78, 5) is 38.3. The molecule has 3 heterocycles. The monoisotopic (exact) mass is 478 g/mol. The minimum absolute atomic E-state index is 0.0448. The zero-order valence-electron chi connectivity index (χ0n) is 16.2. The number of nitrogens with one attached hydrogen (secondary N) is 1. The topological polar surface area (TPSA) is 133 Å². The smallest absolute Gasteiger partial charge is 0.352 e. The van der Waals surface area contributed by atoms with Crippen molar-refractivity contribution < 1.29 is 24.6 Å². The van der Waals surface area contributed by atoms with Crippen LogP contribution in [-0.2, 0) is 14.4 Å². The predicted octanol–water partition coefficient (Wildman–Crippen LogP) is 1.41. The number of aliphatic hydroxyl groups is 1. The van der Waals surface area contributed by atoms with Crippen molar-refractivity contribution in [2.45, 2.75) is 28.8 Å². The molecule has 2 amide bonds. The molecule has 31 heavy (non-hydrogen) atoms. The third-order valence-corrected chi connectivity index (χ3v) is 8.19. The number of aliphatic hydroxyl groups excluding tert-OH is 1. The van der Waals surface area contributed by atoms with Crippen molar-refractivity contribution in [3.8, 4) is 0 Å². The Morgan fingerprint density at radius 1 is 1.32 bits per heavy atom. The molecule has 2 aliphatic rings. The third kappa shape index (κ3) is 4.33. The Balaban J connectivity index is 1.45. The number of aryl methyl sites for hydroxylation is 1. The van der Waals surface area contributed by atoms with Gasteiger partial charge >= 0.3 is 5.97 Å². The Kier molecular flexibility index (Phi) is 6.32. The number of benzene rings is 1. The van der Waals surface area contributed by atoms with Crippen molar-refractivity contribution >= 4 is 52.6 Å². The number of carbonyl (C=O) groups is 3. The summed E-state index contributed by atoms with van der Waals surface area (Å²) in [6.45, 7) is 1.84. The van der Waals surface area contributed by atoms with Crippen molar-refractivity contribution in [1.82, 2.24) is 20.4 Å². The van der Waals surface area contributed by atoms with Crippen LogP contribution in [0.25, 0.3) is 0 Å². The van der Waals surface area contributed by atoms with Gasteiger partial charge in [0.2, 0.25) is 0 Å². The second-order valence-electron chi connectivity index (χ2n) is 6.84. The molecule has 1 aromatic carbocycles. The van der Waals surface area contributed by atoms with E-state index in [1.165, 1.54) is 39.8 Å². The number of fused-ring (bicyclic) bond motifs is 1. The molecular formula is C19H18N4O5S3. The number of rotatable bonds is 7. The maximum Gasteiger partial charge on any atom is 0.352 e. The Bertz CT molecular complexity index is 1060. The molecule has 3 atom stereocenters. The number of carboxylic acid groups (broad SMARTS) is 1. The lowest BCUT2D eigenvalue weighted by Gasteiger charge is -2.49. The highest BCUT2D eigenvalue weighted by molar-refractivity contribution is 8.01. The van der Waals surface area contributed by atoms with E-state index in [1.807, 2.05) is 6.92 Å². The van der Waals surface area contributed by atoms with E-state index in [0.717, 1.165) is 9.35 Å². The molecule has 0 unspecified atom stereocenters. The molecule has 0 bridgehead atoms. The SMILES string of the molecule is Cc1nnc(SCC2=C(C(=O)O)N3C(=O)[C@H](NC(=O)[C@H](O)c4ccccc4)[C@H]3SC2)s1. The largest absolute Gasteiger partial charge is 0.477 e. The summed E-state index contributed by atoms with van der Waals surface area (Å²) >= 11 is 4.19. The molecule has 0 saturated carbocycles. The number of thioether (sulfide) groups is 2. The van der Waals surface area contributed by atoms with E-state index in [-0.39, 0.29) is 5.70 Å². The number of aliphatic carboxylic acids is 1. The first kappa shape index (κ1) is 21.8. The van der Waals surface area contributed by atoms with Gasteiger partial charge in [0.05, 0.1) is 0 Å². The summed E-state index contributed by atoms with van der Waals surface area (Å²) in [5.41, 5.74) is 0.989. The van der Waals surface area contributed by atoms with E-state index < -0.39 is 35.3 Å². The molecule has 0 aliphatic carbocycles. The number of β-lactam (4-membered cyclic amide) rings is 1. The minimum Gasteiger partial charge on any atom is -0.477 e. The van der Waals surface area contributed by atoms with Gasteiger partial charge in [0.1, 0.15) is 22.1 Å². The highest BCUT2D eigenvalue weighted by Gasteiger charge is 2.54. The molecule has 9 nitrogen and oxygen atoms in total. The van der Waals surface area contributed by atoms with Crippen LogP contribution in [-0.4, -0.2) is 66.0 Å². The Morgan fingerprint density at radius 3 is 2.71 bits per heavy atom. The van der Waals surface area contributed by atoms with E-state index in [4.69, 9.17) is 0 Å². The number of carboxylic acids is 1. The molecule has 1 fully saturated rings. The number of aromatic nitrogens is 2. The van der Waals surface area contributed by atoms with Crippen LogP contribution >= 0.6 is 34.9 Å². The Labute approximate surface area is 189 Å². The standard InChI is InChI=1S/C19H18N4O5S3/c1-9-21-22-19(31-9)30-8-11-7-29-17-12(16(26)23(17)13(11)18(27)28)20-15(25)14(24)10-5-3-2-4-6-10/h2-6,12,14,17,24H,7-8H2,1H3,(H,20,25)(H,27,28)/t12-,14+,17+/m0/s1. The molecule has 3 N–H and O–H groups in total. The fraction of sp³-hybridized carbons (Fsp3) is 0.316. The molecule has 1 saturated heterocycles. The predicted molar refractivity (Wildman–Crippen MR) is 116 cm³/mol. The molecule has 1 aromatic heterocycles. The van der Waals surface area contributed by atoms with Gasteiger partial charge in [-0.2, -0.15) is 0 Å². The van der Waals surface area contributed by atoms with Crippen molar-refractivity contribution in [2.24, 2.45) is 0 Å². The quantitative estimate of drug-likeness (QED) is 0.399. The second-order valence-corrected chi connectivity index (χ2v) is 10.4. The summed E-state index contributed by atoms with van der Waals surface area (Å²) in [5, 5.41) is 30.8. The third-order valence-electron chi connectivity index (χ3n) is 4.79. The number of carbonyl (C=O) groups excluding carboxylic acids is 2. The van der Waals surface area contributed by atoms with Crippen molar-refractivity contribution in [1.29, 1.82) is 0 Å². The van der Waals surface area contributed by atoms with Gasteiger partial charge in [-0.3, -0.25) is 14.5 Å². The lowest BCUT2D eigenvalue weighted by molar-refractivity contribution is -0.151. The second kappa shape index (κ2) is 8.99. The first-order chi connectivity index (χ1) is 14.9. The molecule has 4 rings (SSSR count). The minimum atomic E-state index is -1.41. The molecule has 2 aliphatic heterocycles. The fourth-order valence-electron chi connectivity index (χ4n) is 3.30. The summed E-state index contributed by atoms with van der Waals surface area (Å²) in [5.74, 6) is -1.59. The number of hydrogen-bond acceptors (Lipinski definition) is 9. The van der Waals surface area contributed by atoms with Crippen molar-refractivity contribution in [3.63, 3.8) is 0 Å². The van der Waals surface area contributed by atoms with Crippen LogP contribution in [0.3, 0.4) is 0 Å². The van der Waals surface area contributed by atoms with Crippen molar-refractivity contribution in [2.75, 3.05) is 11.5 Å². The van der Waals surface area contributed by atoms with Crippen LogP contribution in [0.4, 0.5) is 0 Å². The van der Waals surface area contributed by atoms with E-state index in [0.29, 0.717) is 22.6 Å². The van der Waals surface area contributed by atoms with Crippen LogP contribution < -0.4 is 5.32 Å². The first-order valence-electron chi connectivity index (χ1n) is 9.23. The average Bonchev–Trinajstić information content (AvgIpc) is 3.20. The first-order valence-corrected chi connectivity index (χ1v) is 12.1. The zero-order valence-corrected chi connectivity index (χ0v) is 18.7. The van der Waals surface area contributed by atoms with Gasteiger partial charge in [0.15, 0.2) is 10.4 Å². The highest BCUT2D eigenvalue weighted by Crippen LogP contribution is 2.42. The van der Waals surface area contributed by atoms with Crippen LogP contribution in [0, 0.1) is 6.92 Å². The molecule has 0 spiro atoms. The van der Waals surface area contributed by atoms with Gasteiger partial charge in [-0.1, -0.05) is 53.4 Å². The zero-order chi connectivity index (χ0) is 22.1. The number of hydrogen-bond donors (Lipinski definition) is 3. The number of nitrogens with zero attached hydrogens (tertiary/aromatic N) is 3. The van der Waals surface area contributed by atoms with E-state index in [2.05, 4.69) is 15.5 Å². The molecule has 0 radical (unpaired) electrons. The normalized spacial score (nSPS) is 21.4. The van der Waals surface area contributed by atoms with E-state index in [1.54, 1.807) is 30.3 Å². The summed E-state index contributed by atoms with van der Waals surface area (Å²) in [6, 6.07) is 7.51. The lowest BCUT2D eigenvalue weighted by atomic mass is 10.0. The summed E-state index contributed by atoms with van der Waals surface area (Å²) in [7, 11) is 0.